The fourth-order valence-corrected chi connectivity index (χ4v) is 0.749. The van der Waals surface area contributed by atoms with E-state index in [9.17, 15) is 9.36 Å². The van der Waals surface area contributed by atoms with Crippen molar-refractivity contribution < 1.29 is 23.5 Å². The molecule has 0 aliphatic carbocycles. The molecule has 1 atom stereocenters. The molecule has 0 saturated carbocycles. The number of cyclic esters (lactones) is 1. The highest BCUT2D eigenvalue weighted by Gasteiger charge is 2.16. The van der Waals surface area contributed by atoms with Crippen molar-refractivity contribution >= 4 is 20.2 Å². The van der Waals surface area contributed by atoms with Crippen molar-refractivity contribution in [2.75, 3.05) is 6.61 Å². The fraction of sp³-hybridized carbons (Fsp3) is 0.333. The molecule has 0 aromatic rings. The highest BCUT2D eigenvalue weighted by atomic mass is 31.1. The minimum atomic E-state index is -3.05. The molecular weight excluding hydrogens is 161 g/mol. The van der Waals surface area contributed by atoms with Gasteiger partial charge in [-0.3, -0.25) is 0 Å². The topological polar surface area (TPSA) is 85.2 Å². The summed E-state index contributed by atoms with van der Waals surface area (Å²) < 4.78 is 18.4. The van der Waals surface area contributed by atoms with E-state index in [0.717, 1.165) is 0 Å². The van der Waals surface area contributed by atoms with Crippen LogP contribution in [0.25, 0.3) is 0 Å². The van der Waals surface area contributed by atoms with Crippen LogP contribution >= 0.6 is 8.25 Å². The molecule has 7 heteroatoms. The summed E-state index contributed by atoms with van der Waals surface area (Å²) in [6.45, 7) is -0.157. The van der Waals surface area contributed by atoms with Crippen LogP contribution in [0.4, 0.5) is 4.79 Å². The van der Waals surface area contributed by atoms with E-state index >= 15 is 0 Å². The lowest BCUT2D eigenvalue weighted by Crippen LogP contribution is -2.00. The van der Waals surface area contributed by atoms with Crippen molar-refractivity contribution in [2.24, 2.45) is 4.99 Å². The summed E-state index contributed by atoms with van der Waals surface area (Å²) in [6.07, 6.45) is -0.793. The van der Waals surface area contributed by atoms with Crippen LogP contribution in [0, 0.1) is 0 Å². The highest BCUT2D eigenvalue weighted by molar-refractivity contribution is 7.32. The van der Waals surface area contributed by atoms with Crippen molar-refractivity contribution in [1.29, 1.82) is 0 Å². The predicted molar refractivity (Wildman–Crippen MR) is 31.1 cm³/mol. The number of hydrogen-bond donors (Lipinski definition) is 1. The second kappa shape index (κ2) is 2.81. The lowest BCUT2D eigenvalue weighted by Gasteiger charge is -1.94. The summed E-state index contributed by atoms with van der Waals surface area (Å²) in [5, 5.41) is 0. The standard InChI is InChI=1S/C3H4NO5P/c5-3-4-2(1-8-3)9-10(6)7/h10H,1H2,(H,6,7). The van der Waals surface area contributed by atoms with Crippen molar-refractivity contribution in [3.05, 3.63) is 0 Å². The molecule has 10 heavy (non-hydrogen) atoms. The van der Waals surface area contributed by atoms with Gasteiger partial charge in [-0.25, -0.2) is 9.36 Å². The number of hydrogen-bond acceptors (Lipinski definition) is 4. The molecule has 0 fully saturated rings. The molecule has 1 unspecified atom stereocenters. The maximum atomic E-state index is 10.2. The van der Waals surface area contributed by atoms with Crippen LogP contribution in [0.1, 0.15) is 0 Å². The number of rotatable bonds is 1. The van der Waals surface area contributed by atoms with E-state index in [4.69, 9.17) is 4.89 Å². The average Bonchev–Trinajstić information content (AvgIpc) is 2.13. The van der Waals surface area contributed by atoms with Gasteiger partial charge < -0.3 is 14.2 Å². The van der Waals surface area contributed by atoms with Crippen LogP contribution in [-0.2, 0) is 13.8 Å². The molecule has 0 aromatic carbocycles. The van der Waals surface area contributed by atoms with E-state index in [1.54, 1.807) is 0 Å². The Labute approximate surface area is 56.4 Å². The van der Waals surface area contributed by atoms with Gasteiger partial charge in [-0.15, -0.1) is 4.99 Å². The highest BCUT2D eigenvalue weighted by Crippen LogP contribution is 2.17. The van der Waals surface area contributed by atoms with E-state index in [1.807, 2.05) is 0 Å². The molecule has 1 rings (SSSR count). The maximum absolute atomic E-state index is 10.2. The predicted octanol–water partition coefficient (Wildman–Crippen LogP) is -0.0663. The molecule has 1 aliphatic rings. The Hall–Kier alpha value is -0.870. The Morgan fingerprint density at radius 3 is 2.90 bits per heavy atom. The van der Waals surface area contributed by atoms with Gasteiger partial charge in [-0.05, 0) is 0 Å². The third-order valence-corrected chi connectivity index (χ3v) is 1.15. The molecule has 6 nitrogen and oxygen atoms in total. The van der Waals surface area contributed by atoms with Crippen molar-refractivity contribution in [1.82, 2.24) is 0 Å². The molecule has 1 N–H and O–H groups in total. The second-order valence-corrected chi connectivity index (χ2v) is 2.16. The van der Waals surface area contributed by atoms with Gasteiger partial charge in [-0.1, -0.05) is 0 Å². The summed E-state index contributed by atoms with van der Waals surface area (Å²) in [6, 6.07) is 0. The van der Waals surface area contributed by atoms with E-state index in [1.165, 1.54) is 0 Å². The average molecular weight is 165 g/mol. The quantitative estimate of drug-likeness (QED) is 0.549. The van der Waals surface area contributed by atoms with Gasteiger partial charge in [-0.2, -0.15) is 0 Å². The molecule has 56 valence electrons. The molecule has 1 amide bonds. The van der Waals surface area contributed by atoms with Crippen LogP contribution in [0.15, 0.2) is 4.99 Å². The van der Waals surface area contributed by atoms with E-state index in [-0.39, 0.29) is 12.5 Å². The van der Waals surface area contributed by atoms with E-state index in [0.29, 0.717) is 0 Å². The van der Waals surface area contributed by atoms with Gasteiger partial charge in [0.25, 0.3) is 0 Å². The van der Waals surface area contributed by atoms with Crippen LogP contribution in [0.2, 0.25) is 0 Å². The number of aliphatic imine (C=N–C) groups is 1. The summed E-state index contributed by atoms with van der Waals surface area (Å²) in [7, 11) is -3.05. The van der Waals surface area contributed by atoms with Crippen molar-refractivity contribution in [3.63, 3.8) is 0 Å². The number of nitrogens with zero attached hydrogens (tertiary/aromatic N) is 1. The molecule has 1 aliphatic heterocycles. The number of carbonyl (C=O) groups is 1. The largest absolute Gasteiger partial charge is 0.438 e. The van der Waals surface area contributed by atoms with Crippen LogP contribution < -0.4 is 0 Å². The first-order chi connectivity index (χ1) is 4.68. The zero-order valence-corrected chi connectivity index (χ0v) is 5.73. The summed E-state index contributed by atoms with van der Waals surface area (Å²) in [5.74, 6) is -0.142. The van der Waals surface area contributed by atoms with Crippen molar-refractivity contribution in [3.8, 4) is 0 Å². The Balaban J connectivity index is 2.50. The maximum Gasteiger partial charge on any atom is 0.437 e. The van der Waals surface area contributed by atoms with E-state index < -0.39 is 14.3 Å². The summed E-state index contributed by atoms with van der Waals surface area (Å²) in [5.41, 5.74) is 0. The van der Waals surface area contributed by atoms with Gasteiger partial charge in [0.2, 0.25) is 5.90 Å². The van der Waals surface area contributed by atoms with Crippen LogP contribution in [0.3, 0.4) is 0 Å². The third kappa shape index (κ3) is 1.82. The van der Waals surface area contributed by atoms with Crippen LogP contribution in [-0.4, -0.2) is 23.5 Å². The minimum Gasteiger partial charge on any atom is -0.438 e. The van der Waals surface area contributed by atoms with Crippen molar-refractivity contribution in [2.45, 2.75) is 0 Å². The fourth-order valence-electron chi connectivity index (χ4n) is 0.443. The Kier molecular flexibility index (Phi) is 2.03. The first-order valence-electron chi connectivity index (χ1n) is 2.33. The third-order valence-electron chi connectivity index (χ3n) is 0.740. The monoisotopic (exact) mass is 165 g/mol. The van der Waals surface area contributed by atoms with Gasteiger partial charge in [0.05, 0.1) is 0 Å². The van der Waals surface area contributed by atoms with E-state index in [2.05, 4.69) is 14.3 Å². The number of amides is 1. The zero-order valence-electron chi connectivity index (χ0n) is 4.73. The summed E-state index contributed by atoms with van der Waals surface area (Å²) >= 11 is 0. The Bertz CT molecular complexity index is 211. The number of ether oxygens (including phenoxy) is 1. The molecule has 0 aromatic heterocycles. The summed E-state index contributed by atoms with van der Waals surface area (Å²) in [4.78, 5) is 21.5. The molecule has 1 heterocycles. The molecule has 0 saturated heterocycles. The molecular formula is C3H4NO5P. The van der Waals surface area contributed by atoms with Gasteiger partial charge in [0, 0.05) is 0 Å². The lowest BCUT2D eigenvalue weighted by molar-refractivity contribution is 0.179. The Morgan fingerprint density at radius 1 is 1.80 bits per heavy atom. The number of carbonyl (C=O) groups excluding carboxylic acids is 1. The zero-order chi connectivity index (χ0) is 7.56. The smallest absolute Gasteiger partial charge is 0.437 e. The van der Waals surface area contributed by atoms with Gasteiger partial charge >= 0.3 is 14.3 Å². The molecule has 0 bridgehead atoms. The molecule has 0 radical (unpaired) electrons. The van der Waals surface area contributed by atoms with Gasteiger partial charge in [0.1, 0.15) is 0 Å². The lowest BCUT2D eigenvalue weighted by atomic mass is 10.7. The first-order valence-corrected chi connectivity index (χ1v) is 3.60. The second-order valence-electron chi connectivity index (χ2n) is 1.43. The van der Waals surface area contributed by atoms with Gasteiger partial charge in [0.15, 0.2) is 6.61 Å². The van der Waals surface area contributed by atoms with Crippen LogP contribution in [0.5, 0.6) is 0 Å². The normalized spacial score (nSPS) is 19.7. The minimum absolute atomic E-state index is 0.142. The first kappa shape index (κ1) is 7.24. The molecule has 0 spiro atoms. The SMILES string of the molecule is O=C1N=C(O[PH](=O)O)CO1. The Morgan fingerprint density at radius 2 is 2.50 bits per heavy atom.